The molecule has 0 atom stereocenters. The van der Waals surface area contributed by atoms with E-state index in [-0.39, 0.29) is 0 Å². The number of unbranched alkanes of at least 4 members (excludes halogenated alkanes) is 30. The molecule has 0 heterocycles. The minimum atomic E-state index is 1.11. The lowest BCUT2D eigenvalue weighted by atomic mass is 10.0. The summed E-state index contributed by atoms with van der Waals surface area (Å²) < 4.78 is 2.23. The molecule has 0 aliphatic heterocycles. The molecule has 1 aromatic rings. The first-order chi connectivity index (χ1) is 24.3. The number of quaternary nitrogens is 2. The molecule has 0 aromatic heterocycles. The minimum Gasteiger partial charge on any atom is -0.325 e. The van der Waals surface area contributed by atoms with Crippen LogP contribution in [0.1, 0.15) is 230 Å². The molecule has 1 aromatic carbocycles. The molecule has 0 amide bonds. The highest BCUT2D eigenvalue weighted by Gasteiger charge is 2.22. The first-order valence-electron chi connectivity index (χ1n) is 23.0. The van der Waals surface area contributed by atoms with Gasteiger partial charge in [0.15, 0.2) is 0 Å². The maximum absolute atomic E-state index is 2.46. The molecule has 50 heavy (non-hydrogen) atoms. The minimum absolute atomic E-state index is 1.11. The second kappa shape index (κ2) is 32.8. The summed E-state index contributed by atoms with van der Waals surface area (Å²) in [6.45, 7) is 9.53. The summed E-state index contributed by atoms with van der Waals surface area (Å²) in [5.41, 5.74) is 3.15. The molecule has 294 valence electrons. The van der Waals surface area contributed by atoms with Crippen molar-refractivity contribution in [1.29, 1.82) is 0 Å². The van der Waals surface area contributed by atoms with E-state index >= 15 is 0 Å². The maximum Gasteiger partial charge on any atom is 0.104 e. The molecule has 0 bridgehead atoms. The van der Waals surface area contributed by atoms with Gasteiger partial charge in [0.2, 0.25) is 0 Å². The van der Waals surface area contributed by atoms with Gasteiger partial charge in [-0.15, -0.1) is 0 Å². The Labute approximate surface area is 317 Å². The van der Waals surface area contributed by atoms with Gasteiger partial charge in [0.25, 0.3) is 0 Å². The van der Waals surface area contributed by atoms with Crippen molar-refractivity contribution in [3.8, 4) is 0 Å². The average Bonchev–Trinajstić information content (AvgIpc) is 3.08. The van der Waals surface area contributed by atoms with Gasteiger partial charge >= 0.3 is 0 Å². The largest absolute Gasteiger partial charge is 0.325 e. The zero-order valence-electron chi connectivity index (χ0n) is 35.7. The van der Waals surface area contributed by atoms with E-state index in [0.29, 0.717) is 0 Å². The van der Waals surface area contributed by atoms with Crippen LogP contribution in [0, 0.1) is 0 Å². The van der Waals surface area contributed by atoms with E-state index < -0.39 is 0 Å². The lowest BCUT2D eigenvalue weighted by Gasteiger charge is -2.33. The van der Waals surface area contributed by atoms with Gasteiger partial charge in [-0.25, -0.2) is 0 Å². The monoisotopic (exact) mass is 699 g/mol. The van der Waals surface area contributed by atoms with Crippen LogP contribution in [-0.2, 0) is 13.1 Å². The maximum atomic E-state index is 2.46. The first kappa shape index (κ1) is 47.2. The Bertz CT molecular complexity index is 773. The highest BCUT2D eigenvalue weighted by molar-refractivity contribution is 5.25. The third-order valence-corrected chi connectivity index (χ3v) is 11.5. The topological polar surface area (TPSA) is 0 Å². The van der Waals surface area contributed by atoms with Crippen LogP contribution in [0.25, 0.3) is 0 Å². The van der Waals surface area contributed by atoms with Gasteiger partial charge in [0.1, 0.15) is 13.1 Å². The molecule has 0 unspecified atom stereocenters. The molecule has 0 spiro atoms. The fraction of sp³-hybridized carbons (Fsp3) is 0.875. The number of rotatable bonds is 38. The third-order valence-electron chi connectivity index (χ3n) is 11.5. The predicted molar refractivity (Wildman–Crippen MR) is 227 cm³/mol. The van der Waals surface area contributed by atoms with Crippen LogP contribution in [-0.4, -0.2) is 50.2 Å². The van der Waals surface area contributed by atoms with Crippen molar-refractivity contribution in [1.82, 2.24) is 0 Å². The van der Waals surface area contributed by atoms with E-state index in [1.165, 1.54) is 219 Å². The summed E-state index contributed by atoms with van der Waals surface area (Å²) in [5.74, 6) is 0. The van der Waals surface area contributed by atoms with Crippen molar-refractivity contribution < 1.29 is 8.97 Å². The van der Waals surface area contributed by atoms with E-state index in [1.54, 1.807) is 11.1 Å². The molecule has 0 aliphatic rings. The normalized spacial score (nSPS) is 12.3. The quantitative estimate of drug-likeness (QED) is 0.0476. The molecule has 2 heteroatoms. The zero-order valence-corrected chi connectivity index (χ0v) is 35.7. The Kier molecular flexibility index (Phi) is 30.9. The fourth-order valence-electron chi connectivity index (χ4n) is 8.12. The lowest BCUT2D eigenvalue weighted by molar-refractivity contribution is -0.907. The SMILES string of the molecule is CCCCCCCCCCCCCCCCCC[N+](C)(C)Cc1ccccc1C[N+](C)(C)CCCCCCCCCCCCCCCCCC. The Morgan fingerprint density at radius 2 is 0.500 bits per heavy atom. The van der Waals surface area contributed by atoms with Gasteiger partial charge in [-0.3, -0.25) is 0 Å². The summed E-state index contributed by atoms with van der Waals surface area (Å²) in [7, 11) is 9.83. The molecule has 1 rings (SSSR count). The number of hydrogen-bond acceptors (Lipinski definition) is 0. The molecule has 0 radical (unpaired) electrons. The fourth-order valence-corrected chi connectivity index (χ4v) is 8.12. The summed E-state index contributed by atoms with van der Waals surface area (Å²) >= 11 is 0. The summed E-state index contributed by atoms with van der Waals surface area (Å²) in [4.78, 5) is 0. The summed E-state index contributed by atoms with van der Waals surface area (Å²) in [6.07, 6.45) is 46.2. The highest BCUT2D eigenvalue weighted by atomic mass is 15.3. The average molecular weight is 699 g/mol. The van der Waals surface area contributed by atoms with Gasteiger partial charge < -0.3 is 8.97 Å². The number of hydrogen-bond donors (Lipinski definition) is 0. The van der Waals surface area contributed by atoms with Crippen LogP contribution in [0.2, 0.25) is 0 Å². The van der Waals surface area contributed by atoms with E-state index in [1.807, 2.05) is 0 Å². The van der Waals surface area contributed by atoms with E-state index in [9.17, 15) is 0 Å². The second-order valence-corrected chi connectivity index (χ2v) is 18.0. The van der Waals surface area contributed by atoms with Gasteiger partial charge in [-0.1, -0.05) is 218 Å². The van der Waals surface area contributed by atoms with Crippen molar-refractivity contribution in [2.75, 3.05) is 41.3 Å². The molecular weight excluding hydrogens is 605 g/mol. The van der Waals surface area contributed by atoms with Crippen molar-refractivity contribution in [3.63, 3.8) is 0 Å². The first-order valence-corrected chi connectivity index (χ1v) is 23.0. The Morgan fingerprint density at radius 1 is 0.300 bits per heavy atom. The van der Waals surface area contributed by atoms with Gasteiger partial charge in [0.05, 0.1) is 41.3 Å². The standard InChI is InChI=1S/C48H94N2/c1-7-9-11-13-15-17-19-21-23-25-27-29-31-33-35-39-43-49(3,4)45-47-41-37-38-42-48(47)46-50(5,6)44-40-36-34-32-30-28-26-24-22-20-18-16-14-12-10-8-2/h37-38,41-42H,7-36,39-40,43-46H2,1-6H3/q+2. The van der Waals surface area contributed by atoms with Crippen molar-refractivity contribution in [2.45, 2.75) is 232 Å². The van der Waals surface area contributed by atoms with Crippen LogP contribution in [0.15, 0.2) is 24.3 Å². The van der Waals surface area contributed by atoms with E-state index in [4.69, 9.17) is 0 Å². The van der Waals surface area contributed by atoms with Crippen molar-refractivity contribution in [2.24, 2.45) is 0 Å². The molecular formula is C48H94N2+2. The van der Waals surface area contributed by atoms with E-state index in [2.05, 4.69) is 66.3 Å². The summed E-state index contributed by atoms with van der Waals surface area (Å²) in [5, 5.41) is 0. The second-order valence-electron chi connectivity index (χ2n) is 18.0. The zero-order chi connectivity index (χ0) is 36.4. The Hall–Kier alpha value is -0.860. The molecule has 0 fully saturated rings. The number of nitrogens with zero attached hydrogens (tertiary/aromatic N) is 2. The smallest absolute Gasteiger partial charge is 0.104 e. The predicted octanol–water partition coefficient (Wildman–Crippen LogP) is 15.4. The molecule has 0 saturated heterocycles. The van der Waals surface area contributed by atoms with Gasteiger partial charge in [-0.05, 0) is 25.7 Å². The van der Waals surface area contributed by atoms with Crippen LogP contribution in [0.4, 0.5) is 0 Å². The van der Waals surface area contributed by atoms with Crippen molar-refractivity contribution in [3.05, 3.63) is 35.4 Å². The highest BCUT2D eigenvalue weighted by Crippen LogP contribution is 2.21. The molecule has 0 saturated carbocycles. The van der Waals surface area contributed by atoms with Gasteiger partial charge in [0, 0.05) is 11.1 Å². The third kappa shape index (κ3) is 29.7. The number of benzene rings is 1. The van der Waals surface area contributed by atoms with E-state index in [0.717, 1.165) is 22.1 Å². The molecule has 0 aliphatic carbocycles. The Morgan fingerprint density at radius 3 is 0.720 bits per heavy atom. The lowest BCUT2D eigenvalue weighted by Crippen LogP contribution is -2.42. The summed E-state index contributed by atoms with van der Waals surface area (Å²) in [6, 6.07) is 9.36. The molecule has 2 nitrogen and oxygen atoms in total. The van der Waals surface area contributed by atoms with Crippen LogP contribution < -0.4 is 0 Å². The van der Waals surface area contributed by atoms with Crippen LogP contribution >= 0.6 is 0 Å². The van der Waals surface area contributed by atoms with Gasteiger partial charge in [-0.2, -0.15) is 0 Å². The van der Waals surface area contributed by atoms with Crippen LogP contribution in [0.5, 0.6) is 0 Å². The van der Waals surface area contributed by atoms with Crippen molar-refractivity contribution >= 4 is 0 Å². The van der Waals surface area contributed by atoms with Crippen LogP contribution in [0.3, 0.4) is 0 Å². The molecule has 0 N–H and O–H groups in total. The Balaban J connectivity index is 2.11.